The first kappa shape index (κ1) is 8.68. The van der Waals surface area contributed by atoms with Gasteiger partial charge in [-0.05, 0) is 0 Å². The van der Waals surface area contributed by atoms with Gasteiger partial charge in [0.15, 0.2) is 0 Å². The van der Waals surface area contributed by atoms with Crippen molar-refractivity contribution in [1.29, 1.82) is 0 Å². The van der Waals surface area contributed by atoms with E-state index in [1.807, 2.05) is 0 Å². The average molecular weight is 154 g/mol. The molecule has 0 saturated heterocycles. The number of ether oxygens (including phenoxy) is 2. The topological polar surface area (TPSA) is 51.0 Å². The number of hydrogen-bond donors (Lipinski definition) is 1. The lowest BCUT2D eigenvalue weighted by molar-refractivity contribution is -0.0514. The smallest absolute Gasteiger partial charge is 0.215 e. The maximum absolute atomic E-state index is 8.06. The van der Waals surface area contributed by atoms with Gasteiger partial charge < -0.3 is 14.7 Å². The van der Waals surface area contributed by atoms with E-state index in [0.29, 0.717) is 0 Å². The van der Waals surface area contributed by atoms with Gasteiger partial charge in [0.05, 0.1) is 0 Å². The van der Waals surface area contributed by atoms with Gasteiger partial charge in [-0.1, -0.05) is 16.8 Å². The van der Waals surface area contributed by atoms with E-state index in [4.69, 9.17) is 16.8 Å². The third-order valence-electron chi connectivity index (χ3n) is 0.718. The van der Waals surface area contributed by atoms with Crippen LogP contribution < -0.4 is 0 Å². The van der Waals surface area contributed by atoms with Crippen LogP contribution in [0.2, 0.25) is 0 Å². The fraction of sp³-hybridized carbons (Fsp3) is 0.750. The van der Waals surface area contributed by atoms with E-state index < -0.39 is 6.29 Å². The Morgan fingerprint density at radius 1 is 1.56 bits per heavy atom. The molecule has 4 nitrogen and oxygen atoms in total. The molecule has 0 fully saturated rings. The van der Waals surface area contributed by atoms with Gasteiger partial charge in [0.1, 0.15) is 0 Å². The van der Waals surface area contributed by atoms with Gasteiger partial charge in [-0.3, -0.25) is 0 Å². The van der Waals surface area contributed by atoms with Gasteiger partial charge in [-0.15, -0.1) is 0 Å². The van der Waals surface area contributed by atoms with Crippen LogP contribution in [-0.4, -0.2) is 30.9 Å². The maximum atomic E-state index is 8.06. The highest BCUT2D eigenvalue weighted by molar-refractivity contribution is 6.66. The summed E-state index contributed by atoms with van der Waals surface area (Å²) in [6, 6.07) is 0. The molecular weight excluding hydrogens is 146 g/mol. The summed E-state index contributed by atoms with van der Waals surface area (Å²) in [6.45, 7) is 0. The number of nitrogens with zero attached hydrogens (tertiary/aromatic N) is 1. The van der Waals surface area contributed by atoms with Gasteiger partial charge in [0.2, 0.25) is 11.5 Å². The van der Waals surface area contributed by atoms with E-state index in [-0.39, 0.29) is 5.17 Å². The molecule has 0 amide bonds. The van der Waals surface area contributed by atoms with Crippen molar-refractivity contribution < 1.29 is 14.7 Å². The van der Waals surface area contributed by atoms with Crippen molar-refractivity contribution in [2.45, 2.75) is 6.29 Å². The SMILES string of the molecule is COC(OC)C(Cl)=NO. The number of rotatable bonds is 3. The van der Waals surface area contributed by atoms with E-state index in [9.17, 15) is 0 Å². The van der Waals surface area contributed by atoms with Crippen LogP contribution in [0.1, 0.15) is 0 Å². The lowest BCUT2D eigenvalue weighted by Gasteiger charge is -2.08. The molecule has 0 aromatic rings. The number of oxime groups is 1. The highest BCUT2D eigenvalue weighted by Crippen LogP contribution is 1.98. The molecule has 0 spiro atoms. The molecule has 0 bridgehead atoms. The standard InChI is InChI=1S/C4H8ClNO3/c1-8-4(9-2)3(5)6-7/h4,7H,1-2H3. The first-order valence-corrected chi connectivity index (χ1v) is 2.57. The molecule has 54 valence electrons. The van der Waals surface area contributed by atoms with E-state index in [2.05, 4.69) is 14.6 Å². The molecule has 0 unspecified atom stereocenters. The van der Waals surface area contributed by atoms with Crippen LogP contribution in [-0.2, 0) is 9.47 Å². The molecule has 0 heterocycles. The van der Waals surface area contributed by atoms with E-state index in [1.54, 1.807) is 0 Å². The Morgan fingerprint density at radius 3 is 2.11 bits per heavy atom. The molecule has 5 heteroatoms. The Balaban J connectivity index is 3.79. The number of halogens is 1. The lowest BCUT2D eigenvalue weighted by Crippen LogP contribution is -2.20. The van der Waals surface area contributed by atoms with Crippen molar-refractivity contribution in [3.8, 4) is 0 Å². The predicted molar refractivity (Wildman–Crippen MR) is 32.9 cm³/mol. The molecule has 0 aromatic carbocycles. The fourth-order valence-electron chi connectivity index (χ4n) is 0.338. The van der Waals surface area contributed by atoms with E-state index >= 15 is 0 Å². The minimum atomic E-state index is -0.767. The Morgan fingerprint density at radius 2 is 2.00 bits per heavy atom. The molecule has 0 radical (unpaired) electrons. The Kier molecular flexibility index (Phi) is 4.39. The Labute approximate surface area is 58.0 Å². The van der Waals surface area contributed by atoms with Crippen LogP contribution in [0.15, 0.2) is 5.16 Å². The van der Waals surface area contributed by atoms with Crippen molar-refractivity contribution >= 4 is 16.8 Å². The first-order valence-electron chi connectivity index (χ1n) is 2.19. The van der Waals surface area contributed by atoms with Gasteiger partial charge >= 0.3 is 0 Å². The summed E-state index contributed by atoms with van der Waals surface area (Å²) >= 11 is 5.28. The van der Waals surface area contributed by atoms with Crippen molar-refractivity contribution in [1.82, 2.24) is 0 Å². The summed E-state index contributed by atoms with van der Waals surface area (Å²) in [5, 5.41) is 10.6. The van der Waals surface area contributed by atoms with Gasteiger partial charge in [-0.2, -0.15) is 0 Å². The highest BCUT2D eigenvalue weighted by atomic mass is 35.5. The van der Waals surface area contributed by atoms with Crippen LogP contribution in [0.5, 0.6) is 0 Å². The molecular formula is C4H8ClNO3. The third-order valence-corrected chi connectivity index (χ3v) is 0.972. The maximum Gasteiger partial charge on any atom is 0.215 e. The molecule has 0 aliphatic rings. The zero-order chi connectivity index (χ0) is 7.28. The van der Waals surface area contributed by atoms with Crippen LogP contribution >= 0.6 is 11.6 Å². The van der Waals surface area contributed by atoms with Gasteiger partial charge in [-0.25, -0.2) is 0 Å². The summed E-state index contributed by atoms with van der Waals surface area (Å²) in [7, 11) is 2.78. The second-order valence-corrected chi connectivity index (χ2v) is 1.61. The summed E-state index contributed by atoms with van der Waals surface area (Å²) < 4.78 is 9.21. The van der Waals surface area contributed by atoms with Crippen molar-refractivity contribution in [3.05, 3.63) is 0 Å². The second-order valence-electron chi connectivity index (χ2n) is 1.23. The molecule has 0 aliphatic heterocycles. The number of hydrogen-bond acceptors (Lipinski definition) is 4. The lowest BCUT2D eigenvalue weighted by atomic mass is 10.7. The fourth-order valence-corrected chi connectivity index (χ4v) is 0.516. The average Bonchev–Trinajstić information content (AvgIpc) is 1.90. The molecule has 0 aliphatic carbocycles. The van der Waals surface area contributed by atoms with Gasteiger partial charge in [0.25, 0.3) is 0 Å². The van der Waals surface area contributed by atoms with Crippen LogP contribution in [0.25, 0.3) is 0 Å². The zero-order valence-corrected chi connectivity index (χ0v) is 5.92. The zero-order valence-electron chi connectivity index (χ0n) is 5.17. The highest BCUT2D eigenvalue weighted by Gasteiger charge is 2.10. The molecule has 0 saturated carbocycles. The summed E-state index contributed by atoms with van der Waals surface area (Å²) in [5.41, 5.74) is 0. The Bertz CT molecular complexity index is 102. The largest absolute Gasteiger partial charge is 0.410 e. The number of methoxy groups -OCH3 is 2. The monoisotopic (exact) mass is 153 g/mol. The molecule has 0 rings (SSSR count). The summed E-state index contributed by atoms with van der Waals surface area (Å²) in [5.74, 6) is 0. The summed E-state index contributed by atoms with van der Waals surface area (Å²) in [4.78, 5) is 0. The third kappa shape index (κ3) is 2.64. The van der Waals surface area contributed by atoms with Crippen LogP contribution in [0.4, 0.5) is 0 Å². The van der Waals surface area contributed by atoms with Crippen LogP contribution in [0.3, 0.4) is 0 Å². The second kappa shape index (κ2) is 4.55. The first-order chi connectivity index (χ1) is 4.26. The molecule has 1 N–H and O–H groups in total. The molecule has 9 heavy (non-hydrogen) atoms. The van der Waals surface area contributed by atoms with Crippen molar-refractivity contribution in [3.63, 3.8) is 0 Å². The van der Waals surface area contributed by atoms with Gasteiger partial charge in [0, 0.05) is 14.2 Å². The van der Waals surface area contributed by atoms with Crippen molar-refractivity contribution in [2.75, 3.05) is 14.2 Å². The van der Waals surface area contributed by atoms with Crippen molar-refractivity contribution in [2.24, 2.45) is 5.16 Å². The predicted octanol–water partition coefficient (Wildman–Crippen LogP) is 0.632. The Hall–Kier alpha value is -0.320. The minimum Gasteiger partial charge on any atom is -0.410 e. The van der Waals surface area contributed by atoms with Crippen LogP contribution in [0, 0.1) is 0 Å². The van der Waals surface area contributed by atoms with E-state index in [1.165, 1.54) is 14.2 Å². The quantitative estimate of drug-likeness (QED) is 0.280. The molecule has 0 atom stereocenters. The minimum absolute atomic E-state index is 0.125. The summed E-state index contributed by atoms with van der Waals surface area (Å²) in [6.07, 6.45) is -0.767. The van der Waals surface area contributed by atoms with E-state index in [0.717, 1.165) is 0 Å². The normalized spacial score (nSPS) is 12.7. The molecule has 0 aromatic heterocycles.